The van der Waals surface area contributed by atoms with E-state index in [0.717, 1.165) is 30.8 Å². The second-order valence-corrected chi connectivity index (χ2v) is 6.73. The largest absolute Gasteiger partial charge is 0.497 e. The summed E-state index contributed by atoms with van der Waals surface area (Å²) in [6.45, 7) is 2.36. The van der Waals surface area contributed by atoms with Crippen molar-refractivity contribution in [1.29, 1.82) is 0 Å². The van der Waals surface area contributed by atoms with E-state index in [1.54, 1.807) is 7.11 Å². The number of carbonyl (C=O) groups is 1. The zero-order valence-electron chi connectivity index (χ0n) is 13.7. The Hall–Kier alpha value is -1.59. The van der Waals surface area contributed by atoms with Gasteiger partial charge in [0.05, 0.1) is 19.7 Å². The van der Waals surface area contributed by atoms with Crippen LogP contribution in [0, 0.1) is 11.8 Å². The molecule has 0 radical (unpaired) electrons. The Morgan fingerprint density at radius 1 is 1.35 bits per heavy atom. The molecule has 1 aliphatic heterocycles. The highest BCUT2D eigenvalue weighted by molar-refractivity contribution is 5.78. The molecule has 2 fully saturated rings. The fraction of sp³-hybridized carbons (Fsp3) is 0.611. The van der Waals surface area contributed by atoms with Gasteiger partial charge in [-0.05, 0) is 55.3 Å². The van der Waals surface area contributed by atoms with Crippen molar-refractivity contribution in [2.24, 2.45) is 11.8 Å². The molecule has 5 heteroatoms. The normalized spacial score (nSPS) is 22.8. The summed E-state index contributed by atoms with van der Waals surface area (Å²) in [6.07, 6.45) is 3.33. The molecular weight excluding hydrogens is 292 g/mol. The number of hydrogen-bond donors (Lipinski definition) is 2. The number of carbonyl (C=O) groups excluding carboxylic acids is 1. The average Bonchev–Trinajstić information content (AvgIpc) is 3.32. The summed E-state index contributed by atoms with van der Waals surface area (Å²) in [5.74, 6) is 1.79. The smallest absolute Gasteiger partial charge is 0.234 e. The van der Waals surface area contributed by atoms with Crippen LogP contribution in [0.25, 0.3) is 0 Å². The Bertz CT molecular complexity index is 528. The Kier molecular flexibility index (Phi) is 5.18. The minimum absolute atomic E-state index is 0.0799. The van der Waals surface area contributed by atoms with Gasteiger partial charge in [0.15, 0.2) is 0 Å². The minimum Gasteiger partial charge on any atom is -0.497 e. The van der Waals surface area contributed by atoms with E-state index < -0.39 is 0 Å². The van der Waals surface area contributed by atoms with Crippen LogP contribution >= 0.6 is 0 Å². The van der Waals surface area contributed by atoms with Crippen molar-refractivity contribution in [2.75, 3.05) is 33.4 Å². The third-order valence-corrected chi connectivity index (χ3v) is 4.88. The van der Waals surface area contributed by atoms with Gasteiger partial charge in [-0.3, -0.25) is 9.69 Å². The van der Waals surface area contributed by atoms with Gasteiger partial charge in [0, 0.05) is 13.2 Å². The van der Waals surface area contributed by atoms with Gasteiger partial charge >= 0.3 is 0 Å². The number of rotatable bonds is 7. The van der Waals surface area contributed by atoms with Crippen LogP contribution in [0.5, 0.6) is 5.75 Å². The van der Waals surface area contributed by atoms with E-state index in [1.807, 2.05) is 24.3 Å². The van der Waals surface area contributed by atoms with E-state index in [4.69, 9.17) is 4.74 Å². The van der Waals surface area contributed by atoms with Crippen LogP contribution in [0.4, 0.5) is 0 Å². The van der Waals surface area contributed by atoms with Crippen molar-refractivity contribution in [1.82, 2.24) is 10.2 Å². The highest BCUT2D eigenvalue weighted by Gasteiger charge is 2.34. The van der Waals surface area contributed by atoms with E-state index >= 15 is 0 Å². The van der Waals surface area contributed by atoms with E-state index in [1.165, 1.54) is 12.8 Å². The molecule has 0 aromatic heterocycles. The number of nitrogens with one attached hydrogen (secondary N) is 1. The average molecular weight is 318 g/mol. The van der Waals surface area contributed by atoms with Gasteiger partial charge in [-0.1, -0.05) is 12.1 Å². The molecule has 23 heavy (non-hydrogen) atoms. The Morgan fingerprint density at radius 3 is 2.65 bits per heavy atom. The van der Waals surface area contributed by atoms with Crippen LogP contribution in [0.1, 0.15) is 30.9 Å². The maximum absolute atomic E-state index is 12.4. The minimum atomic E-state index is 0.0799. The van der Waals surface area contributed by atoms with Gasteiger partial charge in [-0.15, -0.1) is 0 Å². The summed E-state index contributed by atoms with van der Waals surface area (Å²) in [7, 11) is 1.66. The quantitative estimate of drug-likeness (QED) is 0.801. The van der Waals surface area contributed by atoms with Crippen LogP contribution in [-0.2, 0) is 4.79 Å². The zero-order chi connectivity index (χ0) is 16.2. The molecule has 3 rings (SSSR count). The number of hydrogen-bond acceptors (Lipinski definition) is 4. The molecular formula is C18H26N2O3. The molecule has 0 spiro atoms. The number of benzene rings is 1. The molecule has 1 saturated carbocycles. The van der Waals surface area contributed by atoms with Crippen molar-refractivity contribution in [3.8, 4) is 5.75 Å². The SMILES string of the molecule is COc1ccc(C(NC(=O)CN2CCC(CO)C2)C2CC2)cc1. The fourth-order valence-electron chi connectivity index (χ4n) is 3.34. The van der Waals surface area contributed by atoms with Gasteiger partial charge in [0.1, 0.15) is 5.75 Å². The predicted molar refractivity (Wildman–Crippen MR) is 88.2 cm³/mol. The summed E-state index contributed by atoms with van der Waals surface area (Å²) in [6, 6.07) is 8.08. The second-order valence-electron chi connectivity index (χ2n) is 6.73. The fourth-order valence-corrected chi connectivity index (χ4v) is 3.34. The van der Waals surface area contributed by atoms with Crippen molar-refractivity contribution in [3.05, 3.63) is 29.8 Å². The summed E-state index contributed by atoms with van der Waals surface area (Å²) in [5.41, 5.74) is 1.15. The van der Waals surface area contributed by atoms with Crippen LogP contribution < -0.4 is 10.1 Å². The van der Waals surface area contributed by atoms with Crippen LogP contribution in [0.2, 0.25) is 0 Å². The van der Waals surface area contributed by atoms with E-state index in [9.17, 15) is 9.90 Å². The van der Waals surface area contributed by atoms with Crippen molar-refractivity contribution < 1.29 is 14.6 Å². The maximum Gasteiger partial charge on any atom is 0.234 e. The van der Waals surface area contributed by atoms with Crippen molar-refractivity contribution >= 4 is 5.91 Å². The molecule has 1 aromatic carbocycles. The van der Waals surface area contributed by atoms with Gasteiger partial charge in [0.25, 0.3) is 0 Å². The molecule has 0 bridgehead atoms. The first-order chi connectivity index (χ1) is 11.2. The maximum atomic E-state index is 12.4. The molecule has 2 unspecified atom stereocenters. The first kappa shape index (κ1) is 16.3. The van der Waals surface area contributed by atoms with Gasteiger partial charge < -0.3 is 15.2 Å². The van der Waals surface area contributed by atoms with E-state index in [0.29, 0.717) is 18.4 Å². The molecule has 2 atom stereocenters. The Balaban J connectivity index is 1.57. The van der Waals surface area contributed by atoms with E-state index in [-0.39, 0.29) is 18.6 Å². The summed E-state index contributed by atoms with van der Waals surface area (Å²) >= 11 is 0. The molecule has 1 heterocycles. The standard InChI is InChI=1S/C18H26N2O3/c1-23-16-6-4-15(5-7-16)18(14-2-3-14)19-17(22)11-20-9-8-13(10-20)12-21/h4-7,13-14,18,21H,2-3,8-12H2,1H3,(H,19,22). The topological polar surface area (TPSA) is 61.8 Å². The highest BCUT2D eigenvalue weighted by Crippen LogP contribution is 2.41. The molecule has 1 saturated heterocycles. The third kappa shape index (κ3) is 4.24. The summed E-state index contributed by atoms with van der Waals surface area (Å²) < 4.78 is 5.20. The number of likely N-dealkylation sites (tertiary alicyclic amines) is 1. The number of amides is 1. The zero-order valence-corrected chi connectivity index (χ0v) is 13.7. The summed E-state index contributed by atoms with van der Waals surface area (Å²) in [4.78, 5) is 14.5. The lowest BCUT2D eigenvalue weighted by Crippen LogP contribution is -2.38. The van der Waals surface area contributed by atoms with Crippen LogP contribution in [0.3, 0.4) is 0 Å². The lowest BCUT2D eigenvalue weighted by molar-refractivity contribution is -0.123. The van der Waals surface area contributed by atoms with E-state index in [2.05, 4.69) is 10.2 Å². The van der Waals surface area contributed by atoms with Gasteiger partial charge in [0.2, 0.25) is 5.91 Å². The van der Waals surface area contributed by atoms with Crippen LogP contribution in [-0.4, -0.2) is 49.3 Å². The molecule has 1 amide bonds. The first-order valence-electron chi connectivity index (χ1n) is 8.46. The Labute approximate surface area is 137 Å². The predicted octanol–water partition coefficient (Wildman–Crippen LogP) is 1.58. The van der Waals surface area contributed by atoms with Gasteiger partial charge in [-0.25, -0.2) is 0 Å². The number of aliphatic hydroxyl groups is 1. The number of aliphatic hydroxyl groups excluding tert-OH is 1. The van der Waals surface area contributed by atoms with Crippen molar-refractivity contribution in [2.45, 2.75) is 25.3 Å². The lowest BCUT2D eigenvalue weighted by Gasteiger charge is -2.21. The number of methoxy groups -OCH3 is 1. The summed E-state index contributed by atoms with van der Waals surface area (Å²) in [5, 5.41) is 12.4. The first-order valence-corrected chi connectivity index (χ1v) is 8.46. The lowest BCUT2D eigenvalue weighted by atomic mass is 10.0. The molecule has 2 N–H and O–H groups in total. The monoisotopic (exact) mass is 318 g/mol. The third-order valence-electron chi connectivity index (χ3n) is 4.88. The molecule has 5 nitrogen and oxygen atoms in total. The molecule has 1 aromatic rings. The highest BCUT2D eigenvalue weighted by atomic mass is 16.5. The van der Waals surface area contributed by atoms with Gasteiger partial charge in [-0.2, -0.15) is 0 Å². The number of nitrogens with zero attached hydrogens (tertiary/aromatic N) is 1. The molecule has 126 valence electrons. The molecule has 2 aliphatic rings. The molecule has 1 aliphatic carbocycles. The van der Waals surface area contributed by atoms with Crippen LogP contribution in [0.15, 0.2) is 24.3 Å². The van der Waals surface area contributed by atoms with Crippen molar-refractivity contribution in [3.63, 3.8) is 0 Å². The number of ether oxygens (including phenoxy) is 1. The Morgan fingerprint density at radius 2 is 2.09 bits per heavy atom. The second kappa shape index (κ2) is 7.32.